The molecule has 0 aromatic heterocycles. The summed E-state index contributed by atoms with van der Waals surface area (Å²) in [6, 6.07) is 6.51. The third kappa shape index (κ3) is 2.61. The van der Waals surface area contributed by atoms with Gasteiger partial charge >= 0.3 is 0 Å². The van der Waals surface area contributed by atoms with Crippen molar-refractivity contribution in [1.29, 1.82) is 0 Å². The molecule has 88 valence electrons. The largest absolute Gasteiger partial charge is 0.327 e. The number of hydrogen-bond donors (Lipinski definition) is 1. The van der Waals surface area contributed by atoms with Crippen LogP contribution in [-0.4, -0.2) is 6.04 Å². The Morgan fingerprint density at radius 2 is 2.19 bits per heavy atom. The average Bonchev–Trinajstić information content (AvgIpc) is 2.54. The summed E-state index contributed by atoms with van der Waals surface area (Å²) in [6.07, 6.45) is 3.44. The first-order valence-corrected chi connectivity index (χ1v) is 6.94. The second-order valence-corrected chi connectivity index (χ2v) is 6.12. The Hall–Kier alpha value is -0.0500. The van der Waals surface area contributed by atoms with Crippen LogP contribution >= 0.6 is 27.5 Å². The Bertz CT molecular complexity index is 380. The van der Waals surface area contributed by atoms with Crippen LogP contribution in [0.3, 0.4) is 0 Å². The van der Waals surface area contributed by atoms with Crippen molar-refractivity contribution in [3.63, 3.8) is 0 Å². The van der Waals surface area contributed by atoms with E-state index >= 15 is 0 Å². The minimum absolute atomic E-state index is 0.374. The molecule has 3 heteroatoms. The Morgan fingerprint density at radius 1 is 1.44 bits per heavy atom. The van der Waals surface area contributed by atoms with Crippen LogP contribution in [0.1, 0.15) is 25.3 Å². The molecule has 1 aromatic rings. The molecule has 1 aliphatic carbocycles. The third-order valence-corrected chi connectivity index (χ3v) is 4.63. The maximum atomic E-state index is 6.23. The van der Waals surface area contributed by atoms with E-state index in [0.29, 0.717) is 17.9 Å². The van der Waals surface area contributed by atoms with Crippen molar-refractivity contribution in [3.05, 3.63) is 33.3 Å². The lowest BCUT2D eigenvalue weighted by molar-refractivity contribution is 0.390. The lowest BCUT2D eigenvalue weighted by Crippen LogP contribution is -2.25. The summed E-state index contributed by atoms with van der Waals surface area (Å²) in [5.41, 5.74) is 7.29. The predicted octanol–water partition coefficient (Wildman–Crippen LogP) is 4.02. The minimum atomic E-state index is 0.374. The fourth-order valence-electron chi connectivity index (χ4n) is 2.54. The van der Waals surface area contributed by atoms with E-state index in [1.807, 2.05) is 6.07 Å². The van der Waals surface area contributed by atoms with E-state index in [4.69, 9.17) is 17.3 Å². The second kappa shape index (κ2) is 5.07. The van der Waals surface area contributed by atoms with Crippen molar-refractivity contribution in [3.8, 4) is 0 Å². The van der Waals surface area contributed by atoms with Crippen molar-refractivity contribution < 1.29 is 0 Å². The van der Waals surface area contributed by atoms with Gasteiger partial charge in [-0.3, -0.25) is 0 Å². The van der Waals surface area contributed by atoms with E-state index in [9.17, 15) is 0 Å². The second-order valence-electron chi connectivity index (χ2n) is 4.80. The Morgan fingerprint density at radius 3 is 2.75 bits per heavy atom. The highest BCUT2D eigenvalue weighted by Gasteiger charge is 2.30. The molecule has 1 aromatic carbocycles. The number of rotatable bonds is 2. The highest BCUT2D eigenvalue weighted by molar-refractivity contribution is 9.10. The topological polar surface area (TPSA) is 26.0 Å². The van der Waals surface area contributed by atoms with Gasteiger partial charge in [0.2, 0.25) is 0 Å². The summed E-state index contributed by atoms with van der Waals surface area (Å²) < 4.78 is 1.04. The lowest BCUT2D eigenvalue weighted by Gasteiger charge is -2.18. The molecule has 0 saturated heterocycles. The molecule has 16 heavy (non-hydrogen) atoms. The molecule has 0 spiro atoms. The summed E-state index contributed by atoms with van der Waals surface area (Å²) in [6.45, 7) is 2.26. The van der Waals surface area contributed by atoms with Gasteiger partial charge in [0, 0.05) is 15.5 Å². The molecule has 0 aliphatic heterocycles. The molecule has 0 heterocycles. The number of halogens is 2. The third-order valence-electron chi connectivity index (χ3n) is 3.79. The first-order chi connectivity index (χ1) is 7.58. The molecule has 0 bridgehead atoms. The van der Waals surface area contributed by atoms with Crippen LogP contribution in [-0.2, 0) is 6.42 Å². The maximum absolute atomic E-state index is 6.23. The van der Waals surface area contributed by atoms with E-state index in [2.05, 4.69) is 35.0 Å². The monoisotopic (exact) mass is 301 g/mol. The van der Waals surface area contributed by atoms with Crippen LogP contribution in [0.25, 0.3) is 0 Å². The lowest BCUT2D eigenvalue weighted by atomic mass is 9.90. The smallest absolute Gasteiger partial charge is 0.0449 e. The summed E-state index contributed by atoms with van der Waals surface area (Å²) in [7, 11) is 0. The highest BCUT2D eigenvalue weighted by Crippen LogP contribution is 2.35. The van der Waals surface area contributed by atoms with E-state index in [-0.39, 0.29) is 0 Å². The Balaban J connectivity index is 2.09. The van der Waals surface area contributed by atoms with Crippen LogP contribution in [0, 0.1) is 11.8 Å². The molecule has 1 fully saturated rings. The van der Waals surface area contributed by atoms with Gasteiger partial charge < -0.3 is 5.73 Å². The maximum Gasteiger partial charge on any atom is 0.0449 e. The quantitative estimate of drug-likeness (QED) is 0.877. The van der Waals surface area contributed by atoms with Crippen LogP contribution in [0.5, 0.6) is 0 Å². The summed E-state index contributed by atoms with van der Waals surface area (Å²) in [4.78, 5) is 0. The number of hydrogen-bond acceptors (Lipinski definition) is 1. The molecule has 1 aliphatic rings. The zero-order valence-corrected chi connectivity index (χ0v) is 11.8. The van der Waals surface area contributed by atoms with Gasteiger partial charge in [0.05, 0.1) is 0 Å². The Kier molecular flexibility index (Phi) is 3.93. The van der Waals surface area contributed by atoms with Crippen molar-refractivity contribution in [2.75, 3.05) is 0 Å². The van der Waals surface area contributed by atoms with E-state index in [0.717, 1.165) is 22.3 Å². The fraction of sp³-hybridized carbons (Fsp3) is 0.538. The van der Waals surface area contributed by atoms with Crippen LogP contribution in [0.15, 0.2) is 22.7 Å². The van der Waals surface area contributed by atoms with Crippen molar-refractivity contribution in [2.24, 2.45) is 17.6 Å². The molecular formula is C13H17BrClN. The van der Waals surface area contributed by atoms with Gasteiger partial charge in [-0.1, -0.05) is 40.5 Å². The molecule has 1 nitrogen and oxygen atoms in total. The molecule has 3 atom stereocenters. The van der Waals surface area contributed by atoms with Crippen molar-refractivity contribution in [1.82, 2.24) is 0 Å². The summed E-state index contributed by atoms with van der Waals surface area (Å²) in [5.74, 6) is 1.30. The number of benzene rings is 1. The zero-order chi connectivity index (χ0) is 11.7. The highest BCUT2D eigenvalue weighted by atomic mass is 79.9. The van der Waals surface area contributed by atoms with Gasteiger partial charge in [-0.15, -0.1) is 0 Å². The van der Waals surface area contributed by atoms with Gasteiger partial charge in [0.25, 0.3) is 0 Å². The zero-order valence-electron chi connectivity index (χ0n) is 9.42. The van der Waals surface area contributed by atoms with Crippen molar-refractivity contribution >= 4 is 27.5 Å². The molecule has 0 radical (unpaired) electrons. The summed E-state index contributed by atoms with van der Waals surface area (Å²) in [5, 5.41) is 0.863. The molecular weight excluding hydrogens is 286 g/mol. The number of nitrogens with two attached hydrogens (primary N) is 1. The van der Waals surface area contributed by atoms with Gasteiger partial charge in [-0.2, -0.15) is 0 Å². The van der Waals surface area contributed by atoms with E-state index in [1.165, 1.54) is 12.0 Å². The molecule has 3 unspecified atom stereocenters. The first kappa shape index (κ1) is 12.4. The van der Waals surface area contributed by atoms with Gasteiger partial charge in [-0.25, -0.2) is 0 Å². The minimum Gasteiger partial charge on any atom is -0.327 e. The van der Waals surface area contributed by atoms with Crippen LogP contribution in [0.2, 0.25) is 5.02 Å². The van der Waals surface area contributed by atoms with Crippen molar-refractivity contribution in [2.45, 2.75) is 32.2 Å². The Labute approximate surface area is 110 Å². The fourth-order valence-corrected chi connectivity index (χ4v) is 3.29. The predicted molar refractivity (Wildman–Crippen MR) is 72.7 cm³/mol. The molecule has 0 amide bonds. The van der Waals surface area contributed by atoms with E-state index < -0.39 is 0 Å². The molecule has 2 rings (SSSR count). The van der Waals surface area contributed by atoms with E-state index in [1.54, 1.807) is 0 Å². The van der Waals surface area contributed by atoms with Crippen LogP contribution < -0.4 is 5.73 Å². The SMILES string of the molecule is CC1C(N)CCC1Cc1ccc(Br)cc1Cl. The van der Waals surface area contributed by atoms with Gasteiger partial charge in [-0.05, 0) is 48.8 Å². The standard InChI is InChI=1S/C13H17BrClN/c1-8-9(3-5-13(8)16)6-10-2-4-11(14)7-12(10)15/h2,4,7-9,13H,3,5-6,16H2,1H3. The molecule has 2 N–H and O–H groups in total. The average molecular weight is 303 g/mol. The molecule has 1 saturated carbocycles. The van der Waals surface area contributed by atoms with Crippen LogP contribution in [0.4, 0.5) is 0 Å². The van der Waals surface area contributed by atoms with Gasteiger partial charge in [0.15, 0.2) is 0 Å². The summed E-state index contributed by atoms with van der Waals surface area (Å²) >= 11 is 9.66. The normalized spacial score (nSPS) is 29.6. The van der Waals surface area contributed by atoms with Gasteiger partial charge in [0.1, 0.15) is 0 Å². The first-order valence-electron chi connectivity index (χ1n) is 5.77.